The molecule has 1 aliphatic rings. The van der Waals surface area contributed by atoms with Crippen molar-refractivity contribution in [3.63, 3.8) is 0 Å². The highest BCUT2D eigenvalue weighted by Crippen LogP contribution is 2.31. The van der Waals surface area contributed by atoms with Gasteiger partial charge < -0.3 is 16.2 Å². The molecule has 0 bridgehead atoms. The van der Waals surface area contributed by atoms with Crippen molar-refractivity contribution in [2.45, 2.75) is 57.0 Å². The van der Waals surface area contributed by atoms with Crippen LogP contribution in [0.25, 0.3) is 0 Å². The quantitative estimate of drug-likeness (QED) is 0.604. The van der Waals surface area contributed by atoms with Crippen LogP contribution >= 0.6 is 0 Å². The molecule has 0 aromatic heterocycles. The number of hydrogen-bond donors (Lipinski definition) is 3. The third-order valence-corrected chi connectivity index (χ3v) is 3.08. The van der Waals surface area contributed by atoms with Crippen LogP contribution < -0.4 is 11.1 Å². The largest absolute Gasteiger partial charge is 0.394 e. The summed E-state index contributed by atoms with van der Waals surface area (Å²) in [6.07, 6.45) is 5.12. The van der Waals surface area contributed by atoms with E-state index in [2.05, 4.69) is 5.32 Å². The van der Waals surface area contributed by atoms with E-state index in [1.54, 1.807) is 0 Å². The molecule has 15 heavy (non-hydrogen) atoms. The van der Waals surface area contributed by atoms with Crippen LogP contribution in [0, 0.1) is 0 Å². The van der Waals surface area contributed by atoms with Crippen molar-refractivity contribution < 1.29 is 9.90 Å². The van der Waals surface area contributed by atoms with Crippen molar-refractivity contribution in [1.29, 1.82) is 0 Å². The van der Waals surface area contributed by atoms with Gasteiger partial charge in [-0.2, -0.15) is 0 Å². The van der Waals surface area contributed by atoms with Crippen LogP contribution in [0.2, 0.25) is 0 Å². The van der Waals surface area contributed by atoms with Gasteiger partial charge in [-0.1, -0.05) is 0 Å². The molecule has 0 aromatic carbocycles. The highest BCUT2D eigenvalue weighted by molar-refractivity contribution is 5.76. The van der Waals surface area contributed by atoms with E-state index in [9.17, 15) is 4.79 Å². The minimum absolute atomic E-state index is 0.0457. The van der Waals surface area contributed by atoms with Crippen LogP contribution in [0.4, 0.5) is 0 Å². The summed E-state index contributed by atoms with van der Waals surface area (Å²) in [5, 5.41) is 12.1. The number of nitrogens with two attached hydrogens (primary N) is 1. The predicted molar refractivity (Wildman–Crippen MR) is 59.3 cm³/mol. The van der Waals surface area contributed by atoms with Crippen molar-refractivity contribution in [3.05, 3.63) is 0 Å². The van der Waals surface area contributed by atoms with Crippen molar-refractivity contribution in [1.82, 2.24) is 5.32 Å². The summed E-state index contributed by atoms with van der Waals surface area (Å²) >= 11 is 0. The van der Waals surface area contributed by atoms with Gasteiger partial charge in [0.1, 0.15) is 0 Å². The van der Waals surface area contributed by atoms with Gasteiger partial charge in [0.15, 0.2) is 0 Å². The number of carbonyl (C=O) groups is 1. The molecule has 4 nitrogen and oxygen atoms in total. The first-order valence-corrected chi connectivity index (χ1v) is 5.75. The maximum atomic E-state index is 11.5. The zero-order chi connectivity index (χ0) is 11.3. The highest BCUT2D eigenvalue weighted by Gasteiger charge is 2.37. The molecule has 0 aliphatic heterocycles. The second-order valence-electron chi connectivity index (χ2n) is 4.71. The van der Waals surface area contributed by atoms with Gasteiger partial charge in [-0.25, -0.2) is 0 Å². The maximum Gasteiger partial charge on any atom is 0.220 e. The van der Waals surface area contributed by atoms with E-state index < -0.39 is 0 Å². The monoisotopic (exact) mass is 214 g/mol. The number of rotatable bonds is 6. The molecule has 4 N–H and O–H groups in total. The third-order valence-electron chi connectivity index (χ3n) is 3.08. The van der Waals surface area contributed by atoms with Crippen LogP contribution in [0.1, 0.15) is 45.4 Å². The van der Waals surface area contributed by atoms with Crippen LogP contribution in [0.5, 0.6) is 0 Å². The Morgan fingerprint density at radius 3 is 2.67 bits per heavy atom. The minimum atomic E-state index is -0.300. The molecule has 1 rings (SSSR count). The fourth-order valence-electron chi connectivity index (χ4n) is 1.87. The Labute approximate surface area is 91.2 Å². The van der Waals surface area contributed by atoms with Gasteiger partial charge in [0.05, 0.1) is 12.1 Å². The van der Waals surface area contributed by atoms with Gasteiger partial charge in [-0.3, -0.25) is 4.79 Å². The highest BCUT2D eigenvalue weighted by atomic mass is 16.3. The first kappa shape index (κ1) is 12.5. The number of hydrogen-bond acceptors (Lipinski definition) is 3. The van der Waals surface area contributed by atoms with Gasteiger partial charge in [-0.05, 0) is 39.0 Å². The van der Waals surface area contributed by atoms with Crippen molar-refractivity contribution >= 4 is 5.91 Å². The Morgan fingerprint density at radius 2 is 2.27 bits per heavy atom. The predicted octanol–water partition coefficient (Wildman–Crippen LogP) is 0.535. The Morgan fingerprint density at radius 1 is 1.60 bits per heavy atom. The molecule has 0 spiro atoms. The van der Waals surface area contributed by atoms with Crippen LogP contribution in [0.3, 0.4) is 0 Å². The second kappa shape index (κ2) is 5.47. The maximum absolute atomic E-state index is 11.5. The fraction of sp³-hybridized carbons (Fsp3) is 0.909. The smallest absolute Gasteiger partial charge is 0.220 e. The lowest BCUT2D eigenvalue weighted by Gasteiger charge is -2.41. The molecule has 1 atom stereocenters. The summed E-state index contributed by atoms with van der Waals surface area (Å²) in [4.78, 5) is 11.5. The fourth-order valence-corrected chi connectivity index (χ4v) is 1.87. The van der Waals surface area contributed by atoms with E-state index >= 15 is 0 Å². The molecular formula is C11H22N2O2. The molecule has 1 fully saturated rings. The summed E-state index contributed by atoms with van der Waals surface area (Å²) in [6, 6.07) is 0.160. The molecule has 0 radical (unpaired) electrons. The first-order valence-electron chi connectivity index (χ1n) is 5.75. The summed E-state index contributed by atoms with van der Waals surface area (Å²) < 4.78 is 0. The van der Waals surface area contributed by atoms with Crippen LogP contribution in [-0.2, 0) is 4.79 Å². The van der Waals surface area contributed by atoms with E-state index in [-0.39, 0.29) is 24.1 Å². The Balaban J connectivity index is 2.17. The molecule has 1 aliphatic carbocycles. The lowest BCUT2D eigenvalue weighted by Crippen LogP contribution is -2.56. The van der Waals surface area contributed by atoms with Crippen molar-refractivity contribution in [2.75, 3.05) is 6.61 Å². The zero-order valence-corrected chi connectivity index (χ0v) is 9.46. The van der Waals surface area contributed by atoms with E-state index in [4.69, 9.17) is 10.8 Å². The lowest BCUT2D eigenvalue weighted by molar-refractivity contribution is -0.125. The Hall–Kier alpha value is -0.610. The topological polar surface area (TPSA) is 75.4 Å². The molecular weight excluding hydrogens is 192 g/mol. The molecule has 1 saturated carbocycles. The lowest BCUT2D eigenvalue weighted by atomic mass is 9.77. The zero-order valence-electron chi connectivity index (χ0n) is 9.46. The normalized spacial score (nSPS) is 20.5. The molecule has 0 heterocycles. The summed E-state index contributed by atoms with van der Waals surface area (Å²) in [5.74, 6) is 0.0457. The van der Waals surface area contributed by atoms with E-state index in [1.807, 2.05) is 6.92 Å². The van der Waals surface area contributed by atoms with Gasteiger partial charge in [-0.15, -0.1) is 0 Å². The number of nitrogens with one attached hydrogen (secondary N) is 1. The van der Waals surface area contributed by atoms with Gasteiger partial charge in [0.2, 0.25) is 5.91 Å². The number of aliphatic hydroxyl groups is 1. The number of aliphatic hydroxyl groups excluding tert-OH is 1. The second-order valence-corrected chi connectivity index (χ2v) is 4.71. The van der Waals surface area contributed by atoms with Crippen molar-refractivity contribution in [3.8, 4) is 0 Å². The molecule has 1 unspecified atom stereocenters. The number of carbonyl (C=O) groups excluding carboxylic acids is 1. The molecule has 4 heteroatoms. The summed E-state index contributed by atoms with van der Waals surface area (Å²) in [5.41, 5.74) is 5.30. The van der Waals surface area contributed by atoms with Gasteiger partial charge >= 0.3 is 0 Å². The standard InChI is InChI=1S/C11H22N2O2/c1-9(12)4-2-5-10(15)13-11(8-14)6-3-7-11/h9,14H,2-8,12H2,1H3,(H,13,15). The van der Waals surface area contributed by atoms with Gasteiger partial charge in [0.25, 0.3) is 0 Å². The average molecular weight is 214 g/mol. The molecule has 1 amide bonds. The van der Waals surface area contributed by atoms with E-state index in [1.165, 1.54) is 0 Å². The Kier molecular flexibility index (Phi) is 4.54. The molecule has 0 aromatic rings. The van der Waals surface area contributed by atoms with Gasteiger partial charge in [0, 0.05) is 12.5 Å². The van der Waals surface area contributed by atoms with E-state index in [0.717, 1.165) is 32.1 Å². The molecule has 88 valence electrons. The van der Waals surface area contributed by atoms with Crippen molar-refractivity contribution in [2.24, 2.45) is 5.73 Å². The molecule has 0 saturated heterocycles. The SMILES string of the molecule is CC(N)CCCC(=O)NC1(CO)CCC1. The average Bonchev–Trinajstić information content (AvgIpc) is 2.11. The number of amides is 1. The minimum Gasteiger partial charge on any atom is -0.394 e. The summed E-state index contributed by atoms with van der Waals surface area (Å²) in [6.45, 7) is 2.01. The Bertz CT molecular complexity index is 207. The van der Waals surface area contributed by atoms with Crippen LogP contribution in [-0.4, -0.2) is 29.2 Å². The first-order chi connectivity index (χ1) is 7.08. The van der Waals surface area contributed by atoms with E-state index in [0.29, 0.717) is 6.42 Å². The van der Waals surface area contributed by atoms with Crippen LogP contribution in [0.15, 0.2) is 0 Å². The third kappa shape index (κ3) is 3.80. The summed E-state index contributed by atoms with van der Waals surface area (Å²) in [7, 11) is 0.